The number of carbonyl (C=O) groups excluding carboxylic acids is 2. The highest BCUT2D eigenvalue weighted by molar-refractivity contribution is 5.97. The molecule has 0 atom stereocenters. The highest BCUT2D eigenvalue weighted by atomic mass is 19.4. The van der Waals surface area contributed by atoms with E-state index in [1.54, 1.807) is 17.0 Å². The number of hydrogen-bond acceptors (Lipinski definition) is 5. The molecule has 1 fully saturated rings. The molecule has 1 aromatic carbocycles. The molecule has 2 amide bonds. The molecule has 0 spiro atoms. The van der Waals surface area contributed by atoms with Crippen LogP contribution in [0.3, 0.4) is 0 Å². The minimum absolute atomic E-state index is 0.0743. The van der Waals surface area contributed by atoms with Crippen molar-refractivity contribution in [2.75, 3.05) is 31.1 Å². The third kappa shape index (κ3) is 3.99. The summed E-state index contributed by atoms with van der Waals surface area (Å²) in [4.78, 5) is 34.0. The molecule has 0 saturated carbocycles. The van der Waals surface area contributed by atoms with Gasteiger partial charge in [-0.1, -0.05) is 30.3 Å². The van der Waals surface area contributed by atoms with Gasteiger partial charge in [-0.15, -0.1) is 0 Å². The van der Waals surface area contributed by atoms with E-state index in [1.165, 1.54) is 6.20 Å². The van der Waals surface area contributed by atoms with E-state index in [9.17, 15) is 22.8 Å². The van der Waals surface area contributed by atoms with Gasteiger partial charge in [0.05, 0.1) is 0 Å². The summed E-state index contributed by atoms with van der Waals surface area (Å²) in [6.07, 6.45) is -3.60. The molecule has 0 unspecified atom stereocenters. The lowest BCUT2D eigenvalue weighted by Crippen LogP contribution is -2.52. The van der Waals surface area contributed by atoms with Gasteiger partial charge in [-0.3, -0.25) is 9.59 Å². The molecule has 0 aliphatic carbocycles. The molecule has 1 aliphatic heterocycles. The highest BCUT2D eigenvalue weighted by Gasteiger charge is 2.43. The molecular formula is C17H16F3N5O2. The van der Waals surface area contributed by atoms with Crippen molar-refractivity contribution in [1.29, 1.82) is 0 Å². The van der Waals surface area contributed by atoms with E-state index < -0.39 is 18.0 Å². The van der Waals surface area contributed by atoms with Crippen LogP contribution in [0.2, 0.25) is 0 Å². The second-order valence-corrected chi connectivity index (χ2v) is 5.94. The van der Waals surface area contributed by atoms with Crippen LogP contribution in [0, 0.1) is 0 Å². The second-order valence-electron chi connectivity index (χ2n) is 5.94. The smallest absolute Gasteiger partial charge is 0.365 e. The Bertz CT molecular complexity index is 849. The predicted molar refractivity (Wildman–Crippen MR) is 90.8 cm³/mol. The lowest BCUT2D eigenvalue weighted by atomic mass is 10.2. The predicted octanol–water partition coefficient (Wildman–Crippen LogP) is 1.45. The third-order valence-electron chi connectivity index (χ3n) is 4.18. The van der Waals surface area contributed by atoms with Crippen LogP contribution >= 0.6 is 0 Å². The first-order chi connectivity index (χ1) is 12.8. The first kappa shape index (κ1) is 18.6. The monoisotopic (exact) mass is 379 g/mol. The van der Waals surface area contributed by atoms with E-state index in [1.807, 2.05) is 18.2 Å². The van der Waals surface area contributed by atoms with E-state index in [4.69, 9.17) is 5.73 Å². The molecule has 1 aromatic heterocycles. The number of benzene rings is 1. The average molecular weight is 379 g/mol. The number of nitrogens with two attached hydrogens (primary N) is 1. The van der Waals surface area contributed by atoms with Crippen LogP contribution in [0.25, 0.3) is 11.4 Å². The number of amides is 2. The van der Waals surface area contributed by atoms with Crippen molar-refractivity contribution in [3.05, 3.63) is 42.1 Å². The fourth-order valence-electron chi connectivity index (χ4n) is 2.81. The summed E-state index contributed by atoms with van der Waals surface area (Å²) in [6.45, 7) is -0.0941. The van der Waals surface area contributed by atoms with Gasteiger partial charge in [-0.2, -0.15) is 13.2 Å². The van der Waals surface area contributed by atoms with Crippen molar-refractivity contribution in [1.82, 2.24) is 14.9 Å². The molecule has 1 saturated heterocycles. The number of primary amides is 1. The van der Waals surface area contributed by atoms with Gasteiger partial charge in [0.15, 0.2) is 5.82 Å². The van der Waals surface area contributed by atoms with E-state index >= 15 is 0 Å². The molecule has 7 nitrogen and oxygen atoms in total. The van der Waals surface area contributed by atoms with E-state index in [0.717, 1.165) is 10.5 Å². The van der Waals surface area contributed by atoms with Crippen LogP contribution in [-0.2, 0) is 4.79 Å². The fraction of sp³-hybridized carbons (Fsp3) is 0.294. The fourth-order valence-corrected chi connectivity index (χ4v) is 2.81. The molecule has 2 N–H and O–H groups in total. The van der Waals surface area contributed by atoms with Crippen LogP contribution in [0.5, 0.6) is 0 Å². The molecule has 1 aliphatic rings. The van der Waals surface area contributed by atoms with E-state index in [2.05, 4.69) is 9.97 Å². The summed E-state index contributed by atoms with van der Waals surface area (Å²) in [5.41, 5.74) is 6.18. The molecule has 3 rings (SSSR count). The largest absolute Gasteiger partial charge is 0.471 e. The lowest BCUT2D eigenvalue weighted by molar-refractivity contribution is -0.185. The lowest BCUT2D eigenvalue weighted by Gasteiger charge is -2.36. The van der Waals surface area contributed by atoms with Crippen molar-refractivity contribution < 1.29 is 22.8 Å². The Morgan fingerprint density at radius 2 is 1.67 bits per heavy atom. The quantitative estimate of drug-likeness (QED) is 0.872. The molecule has 2 heterocycles. The summed E-state index contributed by atoms with van der Waals surface area (Å²) in [5.74, 6) is -2.00. The minimum atomic E-state index is -4.91. The Balaban J connectivity index is 1.85. The summed E-state index contributed by atoms with van der Waals surface area (Å²) < 4.78 is 37.7. The van der Waals surface area contributed by atoms with Gasteiger partial charge >= 0.3 is 12.1 Å². The molecule has 0 bridgehead atoms. The molecule has 2 aromatic rings. The zero-order valence-electron chi connectivity index (χ0n) is 14.1. The van der Waals surface area contributed by atoms with Gasteiger partial charge in [0.25, 0.3) is 5.91 Å². The number of nitrogens with zero attached hydrogens (tertiary/aromatic N) is 4. The van der Waals surface area contributed by atoms with Crippen LogP contribution in [0.15, 0.2) is 36.5 Å². The third-order valence-corrected chi connectivity index (χ3v) is 4.18. The Hall–Kier alpha value is -3.17. The SMILES string of the molecule is NC(=O)c1cnc(-c2ccccc2)nc1N1CCN(C(=O)C(F)(F)F)CC1. The van der Waals surface area contributed by atoms with Crippen molar-refractivity contribution in [2.24, 2.45) is 5.73 Å². The minimum Gasteiger partial charge on any atom is -0.365 e. The van der Waals surface area contributed by atoms with Crippen LogP contribution in [0.4, 0.5) is 19.0 Å². The molecule has 10 heteroatoms. The topological polar surface area (TPSA) is 92.4 Å². The number of hydrogen-bond donors (Lipinski definition) is 1. The van der Waals surface area contributed by atoms with Gasteiger partial charge in [0.2, 0.25) is 0 Å². The molecule has 27 heavy (non-hydrogen) atoms. The number of piperazine rings is 1. The van der Waals surface area contributed by atoms with Crippen molar-refractivity contribution in [3.8, 4) is 11.4 Å². The average Bonchev–Trinajstić information content (AvgIpc) is 2.67. The van der Waals surface area contributed by atoms with Gasteiger partial charge in [-0.05, 0) is 0 Å². The number of halogens is 3. The first-order valence-electron chi connectivity index (χ1n) is 8.10. The number of aromatic nitrogens is 2. The first-order valence-corrected chi connectivity index (χ1v) is 8.10. The zero-order valence-corrected chi connectivity index (χ0v) is 14.1. The summed E-state index contributed by atoms with van der Waals surface area (Å²) in [6, 6.07) is 9.04. The number of carbonyl (C=O) groups is 2. The van der Waals surface area contributed by atoms with Crippen LogP contribution in [-0.4, -0.2) is 59.0 Å². The maximum Gasteiger partial charge on any atom is 0.471 e. The van der Waals surface area contributed by atoms with Gasteiger partial charge in [0.1, 0.15) is 11.4 Å². The standard InChI is InChI=1S/C17H16F3N5O2/c18-17(19,20)16(27)25-8-6-24(7-9-25)15-12(13(21)26)10-22-14(23-15)11-4-2-1-3-5-11/h1-5,10H,6-9H2,(H2,21,26). The maximum absolute atomic E-state index is 12.6. The Morgan fingerprint density at radius 1 is 1.04 bits per heavy atom. The number of alkyl halides is 3. The van der Waals surface area contributed by atoms with Gasteiger partial charge in [-0.25, -0.2) is 9.97 Å². The number of anilines is 1. The normalized spacial score (nSPS) is 14.9. The molecule has 142 valence electrons. The van der Waals surface area contributed by atoms with E-state index in [-0.39, 0.29) is 37.6 Å². The highest BCUT2D eigenvalue weighted by Crippen LogP contribution is 2.25. The Labute approximate surface area is 152 Å². The zero-order chi connectivity index (χ0) is 19.6. The number of rotatable bonds is 3. The Kier molecular flexibility index (Phi) is 4.98. The summed E-state index contributed by atoms with van der Waals surface area (Å²) in [7, 11) is 0. The Morgan fingerprint density at radius 3 is 2.22 bits per heavy atom. The van der Waals surface area contributed by atoms with Crippen molar-refractivity contribution in [2.45, 2.75) is 6.18 Å². The van der Waals surface area contributed by atoms with Crippen LogP contribution in [0.1, 0.15) is 10.4 Å². The van der Waals surface area contributed by atoms with Crippen molar-refractivity contribution in [3.63, 3.8) is 0 Å². The molecular weight excluding hydrogens is 363 g/mol. The maximum atomic E-state index is 12.6. The summed E-state index contributed by atoms with van der Waals surface area (Å²) >= 11 is 0. The van der Waals surface area contributed by atoms with Gasteiger partial charge < -0.3 is 15.5 Å². The molecule has 0 radical (unpaired) electrons. The summed E-state index contributed by atoms with van der Waals surface area (Å²) in [5, 5.41) is 0. The van der Waals surface area contributed by atoms with Gasteiger partial charge in [0, 0.05) is 37.9 Å². The van der Waals surface area contributed by atoms with E-state index in [0.29, 0.717) is 5.82 Å². The second kappa shape index (κ2) is 7.22. The van der Waals surface area contributed by atoms with Crippen molar-refractivity contribution >= 4 is 17.6 Å². The van der Waals surface area contributed by atoms with Crippen LogP contribution < -0.4 is 10.6 Å².